The van der Waals surface area contributed by atoms with E-state index in [1.54, 1.807) is 0 Å². The maximum atomic E-state index is 10.7. The van der Waals surface area contributed by atoms with Crippen LogP contribution in [-0.4, -0.2) is 17.4 Å². The molecule has 0 aliphatic heterocycles. The van der Waals surface area contributed by atoms with Gasteiger partial charge in [-0.25, -0.2) is 4.98 Å². The molecule has 1 amide bonds. The average molecular weight is 285 g/mol. The zero-order chi connectivity index (χ0) is 14.5. The molecule has 1 aromatic carbocycles. The second-order valence-corrected chi connectivity index (χ2v) is 5.48. The second-order valence-electron chi connectivity index (χ2n) is 4.25. The highest BCUT2D eigenvalue weighted by atomic mass is 32.1. The molecule has 1 heterocycles. The number of nitrogens with two attached hydrogens (primary N) is 1. The minimum absolute atomic E-state index is 0.0776. The molecular weight excluding hydrogens is 270 g/mol. The number of rotatable bonds is 2. The molecule has 0 aliphatic rings. The Balaban J connectivity index is 2.10. The van der Waals surface area contributed by atoms with Crippen molar-refractivity contribution in [1.29, 1.82) is 0 Å². The van der Waals surface area contributed by atoms with Crippen molar-refractivity contribution in [3.63, 3.8) is 0 Å². The van der Waals surface area contributed by atoms with Crippen molar-refractivity contribution in [3.8, 4) is 23.1 Å². The fourth-order valence-electron chi connectivity index (χ4n) is 1.71. The third-order valence-electron chi connectivity index (χ3n) is 2.63. The molecule has 1 aromatic heterocycles. The molecule has 2 rings (SSSR count). The largest absolute Gasteiger partial charge is 0.375 e. The highest BCUT2D eigenvalue weighted by molar-refractivity contribution is 7.15. The number of anilines is 1. The maximum absolute atomic E-state index is 10.7. The van der Waals surface area contributed by atoms with Gasteiger partial charge in [-0.2, -0.15) is 0 Å². The molecule has 0 saturated carbocycles. The van der Waals surface area contributed by atoms with Gasteiger partial charge in [-0.05, 0) is 19.1 Å². The van der Waals surface area contributed by atoms with E-state index in [0.29, 0.717) is 11.7 Å². The van der Waals surface area contributed by atoms with Gasteiger partial charge in [0.15, 0.2) is 5.13 Å². The van der Waals surface area contributed by atoms with Crippen molar-refractivity contribution in [2.24, 2.45) is 0 Å². The molecule has 0 saturated heterocycles. The number of amides is 1. The van der Waals surface area contributed by atoms with Gasteiger partial charge in [0, 0.05) is 22.9 Å². The Hall–Kier alpha value is -2.32. The van der Waals surface area contributed by atoms with Crippen molar-refractivity contribution in [2.75, 3.05) is 12.3 Å². The van der Waals surface area contributed by atoms with E-state index in [2.05, 4.69) is 22.1 Å². The lowest BCUT2D eigenvalue weighted by molar-refractivity contribution is -0.118. The smallest absolute Gasteiger partial charge is 0.217 e. The number of nitrogens with zero attached hydrogens (tertiary/aromatic N) is 1. The van der Waals surface area contributed by atoms with E-state index in [0.717, 1.165) is 21.7 Å². The zero-order valence-corrected chi connectivity index (χ0v) is 12.2. The Morgan fingerprint density at radius 2 is 2.10 bits per heavy atom. The number of nitrogens with one attached hydrogen (secondary N) is 1. The number of benzene rings is 1. The van der Waals surface area contributed by atoms with Gasteiger partial charge in [-0.1, -0.05) is 24.0 Å². The Bertz CT molecular complexity index is 677. The minimum atomic E-state index is -0.0776. The van der Waals surface area contributed by atoms with E-state index in [-0.39, 0.29) is 5.91 Å². The Kier molecular flexibility index (Phi) is 4.38. The summed E-state index contributed by atoms with van der Waals surface area (Å²) in [6, 6.07) is 7.82. The fourth-order valence-corrected chi connectivity index (χ4v) is 2.42. The first-order valence-electron chi connectivity index (χ1n) is 6.13. The van der Waals surface area contributed by atoms with Gasteiger partial charge in [0.1, 0.15) is 0 Å². The number of hydrogen-bond donors (Lipinski definition) is 2. The summed E-state index contributed by atoms with van der Waals surface area (Å²) in [5.74, 6) is 5.81. The van der Waals surface area contributed by atoms with Crippen molar-refractivity contribution in [2.45, 2.75) is 13.8 Å². The van der Waals surface area contributed by atoms with Crippen LogP contribution >= 0.6 is 11.3 Å². The van der Waals surface area contributed by atoms with E-state index < -0.39 is 0 Å². The predicted octanol–water partition coefficient (Wildman–Crippen LogP) is 2.19. The van der Waals surface area contributed by atoms with Crippen LogP contribution in [0.25, 0.3) is 11.3 Å². The van der Waals surface area contributed by atoms with Gasteiger partial charge in [-0.15, -0.1) is 11.3 Å². The van der Waals surface area contributed by atoms with E-state index >= 15 is 0 Å². The lowest BCUT2D eigenvalue weighted by atomic mass is 10.1. The Morgan fingerprint density at radius 3 is 2.65 bits per heavy atom. The van der Waals surface area contributed by atoms with Gasteiger partial charge in [-0.3, -0.25) is 4.79 Å². The van der Waals surface area contributed by atoms with Crippen LogP contribution in [0.1, 0.15) is 17.4 Å². The summed E-state index contributed by atoms with van der Waals surface area (Å²) in [6.45, 7) is 3.84. The summed E-state index contributed by atoms with van der Waals surface area (Å²) in [5, 5.41) is 3.21. The maximum Gasteiger partial charge on any atom is 0.217 e. The Labute approximate surface area is 122 Å². The van der Waals surface area contributed by atoms with Crippen LogP contribution in [0.5, 0.6) is 0 Å². The summed E-state index contributed by atoms with van der Waals surface area (Å²) in [5.41, 5.74) is 8.56. The van der Waals surface area contributed by atoms with Gasteiger partial charge < -0.3 is 11.1 Å². The summed E-state index contributed by atoms with van der Waals surface area (Å²) in [4.78, 5) is 16.1. The number of carbonyl (C=O) groups is 1. The first-order valence-corrected chi connectivity index (χ1v) is 6.94. The molecule has 0 radical (unpaired) electrons. The second kappa shape index (κ2) is 6.22. The molecule has 0 fully saturated rings. The van der Waals surface area contributed by atoms with Crippen LogP contribution in [0.2, 0.25) is 0 Å². The summed E-state index contributed by atoms with van der Waals surface area (Å²) in [7, 11) is 0. The zero-order valence-electron chi connectivity index (χ0n) is 11.4. The van der Waals surface area contributed by atoms with Crippen LogP contribution in [0.4, 0.5) is 5.13 Å². The van der Waals surface area contributed by atoms with Crippen molar-refractivity contribution in [3.05, 3.63) is 34.7 Å². The monoisotopic (exact) mass is 285 g/mol. The molecule has 20 heavy (non-hydrogen) atoms. The molecule has 3 N–H and O–H groups in total. The molecule has 5 heteroatoms. The van der Waals surface area contributed by atoms with E-state index in [9.17, 15) is 4.79 Å². The van der Waals surface area contributed by atoms with Crippen LogP contribution in [0.15, 0.2) is 24.3 Å². The molecule has 0 aliphatic carbocycles. The van der Waals surface area contributed by atoms with Crippen molar-refractivity contribution < 1.29 is 4.79 Å². The fraction of sp³-hybridized carbons (Fsp3) is 0.200. The van der Waals surface area contributed by atoms with E-state index in [4.69, 9.17) is 5.73 Å². The molecule has 0 spiro atoms. The summed E-state index contributed by atoms with van der Waals surface area (Å²) in [6.07, 6.45) is 0. The van der Waals surface area contributed by atoms with E-state index in [1.165, 1.54) is 18.3 Å². The third-order valence-corrected chi connectivity index (χ3v) is 3.43. The van der Waals surface area contributed by atoms with Gasteiger partial charge in [0.2, 0.25) is 5.91 Å². The normalized spacial score (nSPS) is 9.70. The molecule has 2 aromatic rings. The molecule has 4 nitrogen and oxygen atoms in total. The molecular formula is C15H15N3OS. The lowest BCUT2D eigenvalue weighted by Gasteiger charge is -1.98. The summed E-state index contributed by atoms with van der Waals surface area (Å²) < 4.78 is 0. The predicted molar refractivity (Wildman–Crippen MR) is 82.3 cm³/mol. The lowest BCUT2D eigenvalue weighted by Crippen LogP contribution is -2.19. The van der Waals surface area contributed by atoms with Crippen molar-refractivity contribution in [1.82, 2.24) is 10.3 Å². The molecule has 0 bridgehead atoms. The number of nitrogen functional groups attached to an aromatic ring is 1. The Morgan fingerprint density at radius 1 is 1.40 bits per heavy atom. The van der Waals surface area contributed by atoms with Crippen LogP contribution < -0.4 is 11.1 Å². The minimum Gasteiger partial charge on any atom is -0.375 e. The van der Waals surface area contributed by atoms with Crippen LogP contribution in [0, 0.1) is 18.8 Å². The standard InChI is InChI=1S/C15H15N3OS/c1-10-14(18-15(16)20-10)13-7-5-12(6-8-13)4-3-9-17-11(2)19/h5-8H,9H2,1-2H3,(H2,16,18)(H,17,19). The number of carbonyl (C=O) groups excluding carboxylic acids is 1. The molecule has 0 unspecified atom stereocenters. The highest BCUT2D eigenvalue weighted by Crippen LogP contribution is 2.28. The SMILES string of the molecule is CC(=O)NCC#Cc1ccc(-c2nc(N)sc2C)cc1. The number of hydrogen-bond acceptors (Lipinski definition) is 4. The number of aromatic nitrogens is 1. The van der Waals surface area contributed by atoms with Crippen molar-refractivity contribution >= 4 is 22.4 Å². The van der Waals surface area contributed by atoms with Crippen LogP contribution in [-0.2, 0) is 4.79 Å². The third kappa shape index (κ3) is 3.59. The van der Waals surface area contributed by atoms with Gasteiger partial charge in [0.25, 0.3) is 0 Å². The summed E-state index contributed by atoms with van der Waals surface area (Å²) >= 11 is 1.49. The average Bonchev–Trinajstić information content (AvgIpc) is 2.74. The topological polar surface area (TPSA) is 68.0 Å². The first kappa shape index (κ1) is 14.1. The number of aryl methyl sites for hydroxylation is 1. The number of thiazole rings is 1. The molecule has 102 valence electrons. The van der Waals surface area contributed by atoms with Gasteiger partial charge in [0.05, 0.1) is 12.2 Å². The molecule has 0 atom stereocenters. The van der Waals surface area contributed by atoms with Crippen LogP contribution in [0.3, 0.4) is 0 Å². The quantitative estimate of drug-likeness (QED) is 0.831. The van der Waals surface area contributed by atoms with E-state index in [1.807, 2.05) is 31.2 Å². The van der Waals surface area contributed by atoms with Gasteiger partial charge >= 0.3 is 0 Å². The first-order chi connectivity index (χ1) is 9.56. The highest BCUT2D eigenvalue weighted by Gasteiger charge is 2.07.